The van der Waals surface area contributed by atoms with E-state index >= 15 is 0 Å². The maximum atomic E-state index is 5.82. The fourth-order valence-electron chi connectivity index (χ4n) is 1.79. The lowest BCUT2D eigenvalue weighted by molar-refractivity contribution is 0.280. The minimum atomic E-state index is 0.748. The predicted molar refractivity (Wildman–Crippen MR) is 76.5 cm³/mol. The first-order chi connectivity index (χ1) is 8.74. The summed E-state index contributed by atoms with van der Waals surface area (Å²) < 4.78 is 12.3. The predicted octanol–water partition coefficient (Wildman–Crippen LogP) is 3.01. The van der Waals surface area contributed by atoms with Gasteiger partial charge in [-0.15, -0.1) is 0 Å². The second-order valence-corrected chi connectivity index (χ2v) is 5.56. The fraction of sp³-hybridized carbons (Fsp3) is 0.571. The van der Waals surface area contributed by atoms with Gasteiger partial charge < -0.3 is 14.8 Å². The molecule has 4 heteroatoms. The van der Waals surface area contributed by atoms with Crippen LogP contribution in [0.1, 0.15) is 18.4 Å². The van der Waals surface area contributed by atoms with Crippen LogP contribution in [0.2, 0.25) is 0 Å². The largest absolute Gasteiger partial charge is 0.493 e. The van der Waals surface area contributed by atoms with Crippen molar-refractivity contribution in [2.24, 2.45) is 5.92 Å². The van der Waals surface area contributed by atoms with Crippen LogP contribution in [0.5, 0.6) is 11.5 Å². The Balaban J connectivity index is 2.10. The van der Waals surface area contributed by atoms with Gasteiger partial charge in [0.1, 0.15) is 0 Å². The lowest BCUT2D eigenvalue weighted by atomic mass is 10.1. The molecule has 0 amide bonds. The summed E-state index contributed by atoms with van der Waals surface area (Å²) in [6.07, 6.45) is 3.56. The van der Waals surface area contributed by atoms with Crippen molar-refractivity contribution in [3.63, 3.8) is 0 Å². The van der Waals surface area contributed by atoms with Gasteiger partial charge in [0.15, 0.2) is 11.5 Å². The van der Waals surface area contributed by atoms with E-state index in [-0.39, 0.29) is 0 Å². The topological polar surface area (TPSA) is 30.5 Å². The molecule has 0 atom stereocenters. The number of methoxy groups -OCH3 is 1. The molecule has 1 aliphatic carbocycles. The Morgan fingerprint density at radius 2 is 2.11 bits per heavy atom. The lowest BCUT2D eigenvalue weighted by Gasteiger charge is -2.13. The molecule has 1 aromatic rings. The quantitative estimate of drug-likeness (QED) is 0.839. The summed E-state index contributed by atoms with van der Waals surface area (Å²) >= 11 is 3.60. The molecule has 1 aromatic carbocycles. The molecule has 1 N–H and O–H groups in total. The van der Waals surface area contributed by atoms with E-state index in [1.54, 1.807) is 7.11 Å². The smallest absolute Gasteiger partial charge is 0.162 e. The van der Waals surface area contributed by atoms with Gasteiger partial charge in [0.05, 0.1) is 13.7 Å². The zero-order valence-corrected chi connectivity index (χ0v) is 12.5. The standard InChI is InChI=1S/C14H20BrNO2/c1-16-6-5-11-7-13(17-2)14(8-12(11)15)18-9-10-3-4-10/h7-8,10,16H,3-6,9H2,1-2H3. The molecule has 0 unspecified atom stereocenters. The number of rotatable bonds is 7. The molecular formula is C14H20BrNO2. The minimum absolute atomic E-state index is 0.748. The molecule has 100 valence electrons. The SMILES string of the molecule is CNCCc1cc(OC)c(OCC2CC2)cc1Br. The number of hydrogen-bond donors (Lipinski definition) is 1. The number of hydrogen-bond acceptors (Lipinski definition) is 3. The van der Waals surface area contributed by atoms with Gasteiger partial charge in [0.2, 0.25) is 0 Å². The van der Waals surface area contributed by atoms with E-state index in [0.717, 1.165) is 41.5 Å². The van der Waals surface area contributed by atoms with Crippen molar-refractivity contribution in [3.05, 3.63) is 22.2 Å². The van der Waals surface area contributed by atoms with E-state index in [2.05, 4.69) is 27.3 Å². The summed E-state index contributed by atoms with van der Waals surface area (Å²) in [5, 5.41) is 3.15. The van der Waals surface area contributed by atoms with Crippen LogP contribution in [0.3, 0.4) is 0 Å². The van der Waals surface area contributed by atoms with Gasteiger partial charge in [0, 0.05) is 4.47 Å². The molecule has 18 heavy (non-hydrogen) atoms. The Labute approximate surface area is 117 Å². The molecular weight excluding hydrogens is 294 g/mol. The number of halogens is 1. The van der Waals surface area contributed by atoms with E-state index in [0.29, 0.717) is 0 Å². The molecule has 0 aliphatic heterocycles. The van der Waals surface area contributed by atoms with E-state index < -0.39 is 0 Å². The van der Waals surface area contributed by atoms with Crippen LogP contribution in [0.15, 0.2) is 16.6 Å². The molecule has 3 nitrogen and oxygen atoms in total. The number of nitrogens with one attached hydrogen (secondary N) is 1. The third kappa shape index (κ3) is 3.62. The van der Waals surface area contributed by atoms with Crippen LogP contribution in [0.4, 0.5) is 0 Å². The second-order valence-electron chi connectivity index (χ2n) is 4.70. The van der Waals surface area contributed by atoms with Gasteiger partial charge in [0.25, 0.3) is 0 Å². The number of benzene rings is 1. The van der Waals surface area contributed by atoms with Gasteiger partial charge in [-0.05, 0) is 56.5 Å². The highest BCUT2D eigenvalue weighted by atomic mass is 79.9. The number of ether oxygens (including phenoxy) is 2. The van der Waals surface area contributed by atoms with Crippen LogP contribution in [0.25, 0.3) is 0 Å². The molecule has 0 heterocycles. The Hall–Kier alpha value is -0.740. The first-order valence-electron chi connectivity index (χ1n) is 6.38. The fourth-order valence-corrected chi connectivity index (χ4v) is 2.31. The third-order valence-corrected chi connectivity index (χ3v) is 3.89. The Kier molecular flexibility index (Phi) is 4.89. The normalized spacial score (nSPS) is 14.6. The molecule has 1 saturated carbocycles. The molecule has 1 aliphatic rings. The van der Waals surface area contributed by atoms with E-state index in [1.807, 2.05) is 13.1 Å². The first-order valence-corrected chi connectivity index (χ1v) is 7.17. The molecule has 0 saturated heterocycles. The van der Waals surface area contributed by atoms with Crippen LogP contribution in [-0.2, 0) is 6.42 Å². The van der Waals surface area contributed by atoms with Gasteiger partial charge >= 0.3 is 0 Å². The van der Waals surface area contributed by atoms with Crippen LogP contribution >= 0.6 is 15.9 Å². The van der Waals surface area contributed by atoms with Crippen LogP contribution in [-0.4, -0.2) is 27.3 Å². The zero-order valence-electron chi connectivity index (χ0n) is 11.0. The van der Waals surface area contributed by atoms with Crippen molar-refractivity contribution in [1.82, 2.24) is 5.32 Å². The average Bonchev–Trinajstić information content (AvgIpc) is 3.19. The summed E-state index contributed by atoms with van der Waals surface area (Å²) in [6, 6.07) is 4.08. The molecule has 0 radical (unpaired) electrons. The maximum absolute atomic E-state index is 5.82. The molecule has 0 spiro atoms. The first kappa shape index (κ1) is 13.7. The van der Waals surface area contributed by atoms with E-state index in [4.69, 9.17) is 9.47 Å². The monoisotopic (exact) mass is 313 g/mol. The highest BCUT2D eigenvalue weighted by Gasteiger charge is 2.22. The summed E-state index contributed by atoms with van der Waals surface area (Å²) in [7, 11) is 3.65. The lowest BCUT2D eigenvalue weighted by Crippen LogP contribution is -2.11. The summed E-state index contributed by atoms with van der Waals surface area (Å²) in [5.74, 6) is 2.41. The molecule has 0 bridgehead atoms. The Bertz CT molecular complexity index is 405. The van der Waals surface area contributed by atoms with Crippen molar-refractivity contribution in [3.8, 4) is 11.5 Å². The van der Waals surface area contributed by atoms with Crippen molar-refractivity contribution in [2.75, 3.05) is 27.3 Å². The zero-order chi connectivity index (χ0) is 13.0. The van der Waals surface area contributed by atoms with Gasteiger partial charge in [-0.25, -0.2) is 0 Å². The van der Waals surface area contributed by atoms with E-state index in [1.165, 1.54) is 18.4 Å². The Morgan fingerprint density at radius 3 is 2.72 bits per heavy atom. The molecule has 0 aromatic heterocycles. The Morgan fingerprint density at radius 1 is 1.33 bits per heavy atom. The highest BCUT2D eigenvalue weighted by Crippen LogP contribution is 2.36. The van der Waals surface area contributed by atoms with Crippen LogP contribution in [0, 0.1) is 5.92 Å². The van der Waals surface area contributed by atoms with Crippen molar-refractivity contribution in [1.29, 1.82) is 0 Å². The highest BCUT2D eigenvalue weighted by molar-refractivity contribution is 9.10. The molecule has 1 fully saturated rings. The van der Waals surface area contributed by atoms with Gasteiger partial charge in [-0.3, -0.25) is 0 Å². The average molecular weight is 314 g/mol. The maximum Gasteiger partial charge on any atom is 0.162 e. The van der Waals surface area contributed by atoms with Gasteiger partial charge in [-0.1, -0.05) is 15.9 Å². The summed E-state index contributed by atoms with van der Waals surface area (Å²) in [4.78, 5) is 0. The third-order valence-electron chi connectivity index (χ3n) is 3.15. The van der Waals surface area contributed by atoms with Crippen LogP contribution < -0.4 is 14.8 Å². The second kappa shape index (κ2) is 6.43. The van der Waals surface area contributed by atoms with E-state index in [9.17, 15) is 0 Å². The van der Waals surface area contributed by atoms with Crippen molar-refractivity contribution in [2.45, 2.75) is 19.3 Å². The molecule has 2 rings (SSSR count). The summed E-state index contributed by atoms with van der Waals surface area (Å²) in [6.45, 7) is 1.75. The van der Waals surface area contributed by atoms with Crippen molar-refractivity contribution >= 4 is 15.9 Å². The van der Waals surface area contributed by atoms with Crippen molar-refractivity contribution < 1.29 is 9.47 Å². The number of likely N-dealkylation sites (N-methyl/N-ethyl adjacent to an activating group) is 1. The van der Waals surface area contributed by atoms with Gasteiger partial charge in [-0.2, -0.15) is 0 Å². The summed E-state index contributed by atoms with van der Waals surface area (Å²) in [5.41, 5.74) is 1.24. The minimum Gasteiger partial charge on any atom is -0.493 e.